The number of nitrogens with zero attached hydrogens (tertiary/aromatic N) is 2. The summed E-state index contributed by atoms with van der Waals surface area (Å²) in [5.41, 5.74) is 2.02. The Labute approximate surface area is 156 Å². The monoisotopic (exact) mass is 369 g/mol. The molecule has 0 unspecified atom stereocenters. The van der Waals surface area contributed by atoms with Gasteiger partial charge in [-0.2, -0.15) is 0 Å². The maximum absolute atomic E-state index is 13.0. The molecule has 27 heavy (non-hydrogen) atoms. The second kappa shape index (κ2) is 7.99. The number of anilines is 2. The molecular formula is C20H20FN3O3. The van der Waals surface area contributed by atoms with E-state index in [4.69, 9.17) is 0 Å². The average molecular weight is 369 g/mol. The van der Waals surface area contributed by atoms with Crippen molar-refractivity contribution in [3.05, 3.63) is 59.9 Å². The smallest absolute Gasteiger partial charge is 0.244 e. The Morgan fingerprint density at radius 2 is 1.81 bits per heavy atom. The number of para-hydroxylation sites is 2. The van der Waals surface area contributed by atoms with Gasteiger partial charge >= 0.3 is 0 Å². The van der Waals surface area contributed by atoms with E-state index in [-0.39, 0.29) is 42.9 Å². The molecule has 1 aliphatic heterocycles. The fourth-order valence-corrected chi connectivity index (χ4v) is 2.95. The van der Waals surface area contributed by atoms with E-state index in [0.29, 0.717) is 17.9 Å². The summed E-state index contributed by atoms with van der Waals surface area (Å²) in [6.07, 6.45) is 0.0466. The summed E-state index contributed by atoms with van der Waals surface area (Å²) in [4.78, 5) is 39.6. The van der Waals surface area contributed by atoms with Crippen LogP contribution >= 0.6 is 0 Å². The van der Waals surface area contributed by atoms with Crippen LogP contribution in [0.5, 0.6) is 0 Å². The first-order valence-corrected chi connectivity index (χ1v) is 8.61. The van der Waals surface area contributed by atoms with Gasteiger partial charge in [-0.1, -0.05) is 24.3 Å². The molecule has 0 spiro atoms. The van der Waals surface area contributed by atoms with Crippen LogP contribution in [0.1, 0.15) is 18.4 Å². The molecule has 2 aromatic rings. The third-order valence-corrected chi connectivity index (χ3v) is 4.38. The van der Waals surface area contributed by atoms with Gasteiger partial charge in [-0.3, -0.25) is 14.4 Å². The van der Waals surface area contributed by atoms with Crippen molar-refractivity contribution >= 4 is 29.1 Å². The van der Waals surface area contributed by atoms with Crippen LogP contribution in [0.25, 0.3) is 0 Å². The largest absolute Gasteiger partial charge is 0.341 e. The van der Waals surface area contributed by atoms with Crippen LogP contribution in [0.2, 0.25) is 0 Å². The molecule has 3 rings (SSSR count). The number of nitrogens with one attached hydrogen (secondary N) is 1. The lowest BCUT2D eigenvalue weighted by Gasteiger charge is -2.29. The Morgan fingerprint density at radius 3 is 2.56 bits per heavy atom. The molecule has 7 heteroatoms. The Morgan fingerprint density at radius 1 is 1.11 bits per heavy atom. The highest BCUT2D eigenvalue weighted by molar-refractivity contribution is 6.10. The van der Waals surface area contributed by atoms with Gasteiger partial charge in [0.15, 0.2) is 0 Å². The van der Waals surface area contributed by atoms with Gasteiger partial charge < -0.3 is 15.1 Å². The van der Waals surface area contributed by atoms with Crippen molar-refractivity contribution < 1.29 is 18.8 Å². The number of rotatable bonds is 5. The highest BCUT2D eigenvalue weighted by atomic mass is 19.1. The molecule has 3 amide bonds. The summed E-state index contributed by atoms with van der Waals surface area (Å²) in [6, 6.07) is 13.0. The summed E-state index contributed by atoms with van der Waals surface area (Å²) in [7, 11) is 1.64. The molecule has 0 saturated heterocycles. The van der Waals surface area contributed by atoms with E-state index in [1.165, 1.54) is 21.9 Å². The van der Waals surface area contributed by atoms with E-state index in [2.05, 4.69) is 5.32 Å². The van der Waals surface area contributed by atoms with Gasteiger partial charge in [0.2, 0.25) is 17.7 Å². The highest BCUT2D eigenvalue weighted by Gasteiger charge is 2.26. The molecule has 140 valence electrons. The Balaban J connectivity index is 1.58. The predicted molar refractivity (Wildman–Crippen MR) is 99.5 cm³/mol. The number of carbonyl (C=O) groups excluding carboxylic acids is 3. The lowest BCUT2D eigenvalue weighted by Crippen LogP contribution is -2.42. The molecule has 0 saturated carbocycles. The number of amides is 3. The first-order chi connectivity index (χ1) is 12.9. The zero-order valence-electron chi connectivity index (χ0n) is 14.9. The average Bonchev–Trinajstić information content (AvgIpc) is 2.66. The van der Waals surface area contributed by atoms with Crippen molar-refractivity contribution in [1.29, 1.82) is 0 Å². The molecule has 1 heterocycles. The Kier molecular flexibility index (Phi) is 5.49. The van der Waals surface area contributed by atoms with Gasteiger partial charge in [0.05, 0.1) is 11.4 Å². The van der Waals surface area contributed by atoms with Gasteiger partial charge in [-0.05, 0) is 29.8 Å². The van der Waals surface area contributed by atoms with Crippen LogP contribution in [-0.2, 0) is 20.9 Å². The van der Waals surface area contributed by atoms with Gasteiger partial charge in [0.25, 0.3) is 0 Å². The van der Waals surface area contributed by atoms with Crippen LogP contribution in [0.4, 0.5) is 15.8 Å². The van der Waals surface area contributed by atoms with E-state index in [1.54, 1.807) is 43.4 Å². The van der Waals surface area contributed by atoms with Crippen LogP contribution < -0.4 is 10.2 Å². The number of carbonyl (C=O) groups is 3. The fraction of sp³-hybridized carbons (Fsp3) is 0.250. The van der Waals surface area contributed by atoms with Crippen LogP contribution in [0.3, 0.4) is 0 Å². The van der Waals surface area contributed by atoms with Crippen molar-refractivity contribution in [2.45, 2.75) is 19.4 Å². The number of benzene rings is 2. The minimum Gasteiger partial charge on any atom is -0.341 e. The number of hydrogen-bond donors (Lipinski definition) is 1. The second-order valence-electron chi connectivity index (χ2n) is 6.42. The van der Waals surface area contributed by atoms with Gasteiger partial charge in [-0.15, -0.1) is 0 Å². The van der Waals surface area contributed by atoms with Crippen LogP contribution in [-0.4, -0.2) is 36.2 Å². The lowest BCUT2D eigenvalue weighted by atomic mass is 10.1. The van der Waals surface area contributed by atoms with Crippen molar-refractivity contribution in [2.24, 2.45) is 0 Å². The third-order valence-electron chi connectivity index (χ3n) is 4.38. The number of hydrogen-bond acceptors (Lipinski definition) is 3. The molecule has 0 atom stereocenters. The molecule has 0 aromatic heterocycles. The van der Waals surface area contributed by atoms with Gasteiger partial charge in [0.1, 0.15) is 12.4 Å². The molecular weight excluding hydrogens is 349 g/mol. The SMILES string of the molecule is CN(Cc1ccc(F)cc1)C(=O)CCC(=O)N1CC(=O)Nc2ccccc21. The molecule has 6 nitrogen and oxygen atoms in total. The number of halogens is 1. The molecule has 0 bridgehead atoms. The van der Waals surface area contributed by atoms with E-state index >= 15 is 0 Å². The van der Waals surface area contributed by atoms with Crippen molar-refractivity contribution in [1.82, 2.24) is 4.90 Å². The van der Waals surface area contributed by atoms with E-state index in [1.807, 2.05) is 0 Å². The first-order valence-electron chi connectivity index (χ1n) is 8.61. The number of fused-ring (bicyclic) bond motifs is 1. The second-order valence-corrected chi connectivity index (χ2v) is 6.42. The van der Waals surface area contributed by atoms with E-state index < -0.39 is 0 Å². The maximum Gasteiger partial charge on any atom is 0.244 e. The van der Waals surface area contributed by atoms with E-state index in [9.17, 15) is 18.8 Å². The summed E-state index contributed by atoms with van der Waals surface area (Å²) in [5, 5.41) is 2.72. The molecule has 0 aliphatic carbocycles. The normalized spacial score (nSPS) is 13.0. The zero-order valence-corrected chi connectivity index (χ0v) is 14.9. The summed E-state index contributed by atoms with van der Waals surface area (Å²) in [5.74, 6) is -1.06. The maximum atomic E-state index is 13.0. The standard InChI is InChI=1S/C20H20FN3O3/c1-23(12-14-6-8-15(21)9-7-14)19(26)10-11-20(27)24-13-18(25)22-16-4-2-3-5-17(16)24/h2-9H,10-13H2,1H3,(H,22,25). The minimum absolute atomic E-state index is 0.00814. The van der Waals surface area contributed by atoms with Crippen LogP contribution in [0, 0.1) is 5.82 Å². The summed E-state index contributed by atoms with van der Waals surface area (Å²) >= 11 is 0. The zero-order chi connectivity index (χ0) is 19.4. The quantitative estimate of drug-likeness (QED) is 0.881. The molecule has 1 N–H and O–H groups in total. The Bertz CT molecular complexity index is 867. The van der Waals surface area contributed by atoms with Crippen molar-refractivity contribution in [3.8, 4) is 0 Å². The Hall–Kier alpha value is -3.22. The molecule has 1 aliphatic rings. The van der Waals surface area contributed by atoms with Crippen LogP contribution in [0.15, 0.2) is 48.5 Å². The summed E-state index contributed by atoms with van der Waals surface area (Å²) in [6.45, 7) is 0.276. The topological polar surface area (TPSA) is 69.7 Å². The molecule has 0 fully saturated rings. The van der Waals surface area contributed by atoms with Crippen molar-refractivity contribution in [3.63, 3.8) is 0 Å². The van der Waals surface area contributed by atoms with E-state index in [0.717, 1.165) is 5.56 Å². The highest BCUT2D eigenvalue weighted by Crippen LogP contribution is 2.29. The van der Waals surface area contributed by atoms with Gasteiger partial charge in [0, 0.05) is 26.4 Å². The predicted octanol–water partition coefficient (Wildman–Crippen LogP) is 2.55. The first kappa shape index (κ1) is 18.6. The van der Waals surface area contributed by atoms with Crippen molar-refractivity contribution in [2.75, 3.05) is 23.8 Å². The fourth-order valence-electron chi connectivity index (χ4n) is 2.95. The molecule has 2 aromatic carbocycles. The minimum atomic E-state index is -0.329. The molecule has 0 radical (unpaired) electrons. The lowest BCUT2D eigenvalue weighted by molar-refractivity contribution is -0.132. The summed E-state index contributed by atoms with van der Waals surface area (Å²) < 4.78 is 13.0. The third kappa shape index (κ3) is 4.49. The van der Waals surface area contributed by atoms with Gasteiger partial charge in [-0.25, -0.2) is 4.39 Å².